The fraction of sp³-hybridized carbons (Fsp3) is 0.149. The van der Waals surface area contributed by atoms with Crippen LogP contribution in [0.1, 0.15) is 97.9 Å². The number of unbranched alkanes of at least 4 members (excludes halogenated alkanes) is 2. The first-order chi connectivity index (χ1) is 48.0. The van der Waals surface area contributed by atoms with E-state index in [9.17, 15) is 0 Å². The number of rotatable bonds is 18. The molecule has 0 radical (unpaired) electrons. The van der Waals surface area contributed by atoms with Gasteiger partial charge in [0.25, 0.3) is 0 Å². The van der Waals surface area contributed by atoms with E-state index < -0.39 is 31.7 Å². The van der Waals surface area contributed by atoms with Gasteiger partial charge in [0.2, 0.25) is 0 Å². The van der Waals surface area contributed by atoms with Gasteiger partial charge in [-0.3, -0.25) is 23.7 Å². The van der Waals surface area contributed by atoms with Gasteiger partial charge in [-0.15, -0.1) is 70.8 Å². The number of fused-ring (bicyclic) bond motifs is 6. The molecular weight excluding hydrogens is 2040 g/mol. The second kappa shape index (κ2) is 41.3. The van der Waals surface area contributed by atoms with Crippen LogP contribution in [0.2, 0.25) is 0 Å². The minimum Gasteiger partial charge on any atom is -0.366 e. The van der Waals surface area contributed by atoms with Crippen molar-refractivity contribution in [1.29, 1.82) is 0 Å². The van der Waals surface area contributed by atoms with Crippen molar-refractivity contribution >= 4 is 74.1 Å². The van der Waals surface area contributed by atoms with Gasteiger partial charge in [0.1, 0.15) is 0 Å². The summed E-state index contributed by atoms with van der Waals surface area (Å²) in [7, 11) is -2.86. The van der Waals surface area contributed by atoms with Crippen molar-refractivity contribution in [2.24, 2.45) is 0 Å². The van der Waals surface area contributed by atoms with Crippen LogP contribution in [0.5, 0.6) is 0 Å². The SMILES string of the molecule is [Au+].[Au+].[Au+].[Au+].[C-]#Cc1ccc2c(c1)-c1cc(C#[C-])ccc1C2(C)C.[C-]#Cc1ccc2c(c1)-c1cc(C#[C-])ccc1C2(C)C.c1ccc([PH+](CCCC[PH+](c2ccccc2)c2ccccc2)c2ccccc2)cc1.c1ccc([PH+](CCCC[PH+](c2ccccc2)c2ccccc2)c2ccccc2)cc1. The smallest absolute Gasteiger partial charge is 0.366 e. The molecule has 520 valence electrons. The average molecular weight is 2130 g/mol. The van der Waals surface area contributed by atoms with Crippen LogP contribution in [-0.2, 0) is 100 Å². The molecule has 2 aliphatic rings. The first kappa shape index (κ1) is 82.8. The molecule has 0 aliphatic heterocycles. The molecule has 0 saturated heterocycles. The Morgan fingerprint density at radius 3 is 0.510 bits per heavy atom. The molecule has 12 aromatic carbocycles. The number of hydrogen-bond donors (Lipinski definition) is 0. The molecule has 0 fully saturated rings. The molecule has 0 saturated carbocycles. The molecule has 0 bridgehead atoms. The minimum absolute atomic E-state index is 0. The Kier molecular flexibility index (Phi) is 33.5. The zero-order chi connectivity index (χ0) is 68.1. The predicted molar refractivity (Wildman–Crippen MR) is 433 cm³/mol. The fourth-order valence-corrected chi connectivity index (χ4v) is 24.8. The Hall–Kier alpha value is -6.44. The van der Waals surface area contributed by atoms with Gasteiger partial charge in [0, 0.05) is 10.8 Å². The molecule has 0 unspecified atom stereocenters. The molecule has 102 heavy (non-hydrogen) atoms. The molecule has 12 aromatic rings. The van der Waals surface area contributed by atoms with Crippen LogP contribution in [-0.4, -0.2) is 24.6 Å². The van der Waals surface area contributed by atoms with E-state index in [-0.39, 0.29) is 100 Å². The number of benzene rings is 12. The maximum atomic E-state index is 7.28. The van der Waals surface area contributed by atoms with Gasteiger partial charge >= 0.3 is 89.5 Å². The quantitative estimate of drug-likeness (QED) is 0.0264. The largest absolute Gasteiger partial charge is 1.00 e. The van der Waals surface area contributed by atoms with Crippen LogP contribution in [0.15, 0.2) is 315 Å². The summed E-state index contributed by atoms with van der Waals surface area (Å²) in [5.74, 6) is 9.76. The summed E-state index contributed by atoms with van der Waals surface area (Å²) in [6.45, 7) is 8.83. The van der Waals surface area contributed by atoms with E-state index in [0.717, 1.165) is 44.5 Å². The molecule has 0 nitrogen and oxygen atoms in total. The van der Waals surface area contributed by atoms with Gasteiger partial charge < -0.3 is 25.7 Å². The summed E-state index contributed by atoms with van der Waals surface area (Å²) in [5, 5.41) is 12.3. The van der Waals surface area contributed by atoms with Crippen molar-refractivity contribution in [3.63, 3.8) is 0 Å². The topological polar surface area (TPSA) is 0 Å². The van der Waals surface area contributed by atoms with Crippen molar-refractivity contribution in [1.82, 2.24) is 0 Å². The summed E-state index contributed by atoms with van der Waals surface area (Å²) in [6, 6.07) is 113. The maximum absolute atomic E-state index is 7.28. The summed E-state index contributed by atoms with van der Waals surface area (Å²) >= 11 is 0. The Labute approximate surface area is 677 Å². The third-order valence-corrected chi connectivity index (χ3v) is 30.8. The van der Waals surface area contributed by atoms with Gasteiger partial charge in [-0.25, -0.2) is 0 Å². The van der Waals surface area contributed by atoms with Crippen molar-refractivity contribution in [3.05, 3.63) is 386 Å². The molecule has 0 spiro atoms. The molecule has 0 heterocycles. The monoisotopic (exact) mass is 2120 g/mol. The van der Waals surface area contributed by atoms with Crippen LogP contribution >= 0.6 is 31.7 Å². The van der Waals surface area contributed by atoms with Crippen molar-refractivity contribution in [2.45, 2.75) is 64.2 Å². The molecule has 8 heteroatoms. The normalized spacial score (nSPS) is 11.8. The van der Waals surface area contributed by atoms with E-state index in [4.69, 9.17) is 25.7 Å². The molecule has 0 N–H and O–H groups in total. The van der Waals surface area contributed by atoms with E-state index in [1.165, 1.54) is 115 Å². The molecular formula is C94H84Au4P4+4. The third-order valence-electron chi connectivity index (χ3n) is 19.1. The standard InChI is InChI=1S/2C28H28P2.2C19H12.4Au/c2*1-5-15-25(16-6-1)29(26-17-7-2-8-18-26)23-13-14-24-30(27-19-9-3-10-20-27)28-21-11-4-12-22-28;2*1-5-13-7-9-17-15(11-13)16-12-14(6-2)8-10-18(16)19(17,3)4;;;;/h2*1-12,15-22H,13-14,23-24H2;2*7-12H,3-4H3;;;;/q;;2*-2;4*+1/p+4. The van der Waals surface area contributed by atoms with Crippen LogP contribution in [0.4, 0.5) is 0 Å². The summed E-state index contributed by atoms with van der Waals surface area (Å²) in [6.07, 6.45) is 39.5. The van der Waals surface area contributed by atoms with Crippen LogP contribution in [0, 0.1) is 49.4 Å². The van der Waals surface area contributed by atoms with Gasteiger partial charge in [0.15, 0.2) is 0 Å². The van der Waals surface area contributed by atoms with Gasteiger partial charge in [0.05, 0.1) is 98.8 Å². The Bertz CT molecular complexity index is 3970. The Morgan fingerprint density at radius 1 is 0.225 bits per heavy atom. The van der Waals surface area contributed by atoms with Crippen molar-refractivity contribution in [2.75, 3.05) is 24.6 Å². The van der Waals surface area contributed by atoms with Gasteiger partial charge in [-0.05, 0) is 167 Å². The van der Waals surface area contributed by atoms with E-state index in [2.05, 4.69) is 318 Å². The first-order valence-corrected chi connectivity index (χ1v) is 41.0. The minimum atomic E-state index is -0.714. The van der Waals surface area contributed by atoms with E-state index in [1.54, 1.807) is 0 Å². The molecule has 2 aliphatic carbocycles. The fourth-order valence-electron chi connectivity index (χ4n) is 14.0. The summed E-state index contributed by atoms with van der Waals surface area (Å²) in [5.41, 5.74) is 12.7. The van der Waals surface area contributed by atoms with Gasteiger partial charge in [-0.1, -0.05) is 198 Å². The van der Waals surface area contributed by atoms with Crippen LogP contribution in [0.25, 0.3) is 22.3 Å². The second-order valence-electron chi connectivity index (χ2n) is 26.0. The van der Waals surface area contributed by atoms with E-state index >= 15 is 0 Å². The molecule has 0 aromatic heterocycles. The van der Waals surface area contributed by atoms with E-state index in [1.807, 2.05) is 48.5 Å². The zero-order valence-electron chi connectivity index (χ0n) is 57.9. The van der Waals surface area contributed by atoms with Gasteiger partial charge in [-0.2, -0.15) is 0 Å². The van der Waals surface area contributed by atoms with Crippen molar-refractivity contribution < 1.29 is 89.5 Å². The van der Waals surface area contributed by atoms with Crippen LogP contribution in [0.3, 0.4) is 0 Å². The Morgan fingerprint density at radius 2 is 0.373 bits per heavy atom. The number of hydrogen-bond acceptors (Lipinski definition) is 0. The second-order valence-corrected chi connectivity index (χ2v) is 36.5. The Balaban J connectivity index is 0.000000192. The summed E-state index contributed by atoms with van der Waals surface area (Å²) < 4.78 is 0. The average Bonchev–Trinajstić information content (AvgIpc) is 1.59. The zero-order valence-corrected chi connectivity index (χ0v) is 70.6. The maximum Gasteiger partial charge on any atom is 1.00 e. The predicted octanol–water partition coefficient (Wildman–Crippen LogP) is 18.7. The first-order valence-electron chi connectivity index (χ1n) is 34.2. The van der Waals surface area contributed by atoms with Crippen molar-refractivity contribution in [3.8, 4) is 45.9 Å². The van der Waals surface area contributed by atoms with E-state index in [0.29, 0.717) is 0 Å². The third kappa shape index (κ3) is 21.0. The van der Waals surface area contributed by atoms with Crippen LogP contribution < -0.4 is 42.4 Å². The molecule has 14 rings (SSSR count). The molecule has 0 amide bonds. The summed E-state index contributed by atoms with van der Waals surface area (Å²) in [4.78, 5) is 0. The molecule has 0 atom stereocenters.